The van der Waals surface area contributed by atoms with Crippen molar-refractivity contribution >= 4 is 24.1 Å². The topological polar surface area (TPSA) is 82.1 Å². The molecule has 28 heavy (non-hydrogen) atoms. The van der Waals surface area contributed by atoms with Crippen LogP contribution in [0, 0.1) is 0 Å². The molecule has 1 N–H and O–H groups in total. The molecule has 0 spiro atoms. The van der Waals surface area contributed by atoms with Crippen molar-refractivity contribution in [1.82, 2.24) is 0 Å². The normalized spacial score (nSPS) is 11.4. The van der Waals surface area contributed by atoms with E-state index in [-0.39, 0.29) is 12.4 Å². The first kappa shape index (κ1) is 21.2. The van der Waals surface area contributed by atoms with Gasteiger partial charge in [0, 0.05) is 7.11 Å². The monoisotopic (exact) mass is 384 g/mol. The molecule has 0 saturated heterocycles. The van der Waals surface area contributed by atoms with Gasteiger partial charge in [0.05, 0.1) is 5.56 Å². The first-order valence-electron chi connectivity index (χ1n) is 8.70. The fourth-order valence-electron chi connectivity index (χ4n) is 2.32. The lowest BCUT2D eigenvalue weighted by molar-refractivity contribution is 0.00553. The lowest BCUT2D eigenvalue weighted by atomic mass is 10.1. The van der Waals surface area contributed by atoms with Gasteiger partial charge in [0.1, 0.15) is 16.9 Å². The van der Waals surface area contributed by atoms with Crippen molar-refractivity contribution in [3.05, 3.63) is 64.7 Å². The SMILES string of the molecule is COCOc1ccc(/C=C/c2ccc(C(=O)O)cc2)cc1C(=O)OC(C)(C)C. The van der Waals surface area contributed by atoms with Gasteiger partial charge in [-0.05, 0) is 56.2 Å². The van der Waals surface area contributed by atoms with E-state index in [1.165, 1.54) is 19.2 Å². The molecule has 0 fully saturated rings. The minimum absolute atomic E-state index is 0.0148. The number of methoxy groups -OCH3 is 1. The zero-order chi connectivity index (χ0) is 20.7. The highest BCUT2D eigenvalue weighted by atomic mass is 16.7. The van der Waals surface area contributed by atoms with E-state index < -0.39 is 17.5 Å². The number of esters is 1. The van der Waals surface area contributed by atoms with E-state index in [9.17, 15) is 9.59 Å². The number of carboxylic acids is 1. The number of benzene rings is 2. The summed E-state index contributed by atoms with van der Waals surface area (Å²) < 4.78 is 15.8. The first-order chi connectivity index (χ1) is 13.2. The largest absolute Gasteiger partial charge is 0.478 e. The second-order valence-electron chi connectivity index (χ2n) is 7.07. The number of rotatable bonds is 7. The summed E-state index contributed by atoms with van der Waals surface area (Å²) in [5.74, 6) is -1.08. The Balaban J connectivity index is 2.28. The quantitative estimate of drug-likeness (QED) is 0.430. The smallest absolute Gasteiger partial charge is 0.342 e. The lowest BCUT2D eigenvalue weighted by Crippen LogP contribution is -2.24. The maximum absolute atomic E-state index is 12.5. The summed E-state index contributed by atoms with van der Waals surface area (Å²) in [5.41, 5.74) is 1.50. The minimum Gasteiger partial charge on any atom is -0.478 e. The number of carboxylic acid groups (broad SMARTS) is 1. The van der Waals surface area contributed by atoms with E-state index in [0.717, 1.165) is 11.1 Å². The maximum Gasteiger partial charge on any atom is 0.342 e. The number of carbonyl (C=O) groups is 2. The van der Waals surface area contributed by atoms with Crippen molar-refractivity contribution in [2.45, 2.75) is 26.4 Å². The highest BCUT2D eigenvalue weighted by Gasteiger charge is 2.21. The van der Waals surface area contributed by atoms with Crippen LogP contribution in [0.4, 0.5) is 0 Å². The molecule has 0 aromatic heterocycles. The van der Waals surface area contributed by atoms with Crippen molar-refractivity contribution in [1.29, 1.82) is 0 Å². The molecule has 0 amide bonds. The zero-order valence-corrected chi connectivity index (χ0v) is 16.4. The molecular formula is C22H24O6. The Morgan fingerprint density at radius 2 is 1.61 bits per heavy atom. The average Bonchev–Trinajstić information content (AvgIpc) is 2.64. The molecule has 0 heterocycles. The summed E-state index contributed by atoms with van der Waals surface area (Å²) in [4.78, 5) is 23.5. The summed E-state index contributed by atoms with van der Waals surface area (Å²) in [6, 6.07) is 11.7. The van der Waals surface area contributed by atoms with Gasteiger partial charge >= 0.3 is 11.9 Å². The van der Waals surface area contributed by atoms with Crippen molar-refractivity contribution in [2.24, 2.45) is 0 Å². The Morgan fingerprint density at radius 1 is 1.00 bits per heavy atom. The van der Waals surface area contributed by atoms with Gasteiger partial charge in [0.25, 0.3) is 0 Å². The Kier molecular flexibility index (Phi) is 6.95. The fourth-order valence-corrected chi connectivity index (χ4v) is 2.32. The molecule has 6 nitrogen and oxygen atoms in total. The molecule has 0 saturated carbocycles. The van der Waals surface area contributed by atoms with Gasteiger partial charge in [-0.15, -0.1) is 0 Å². The van der Waals surface area contributed by atoms with Crippen molar-refractivity contribution < 1.29 is 28.9 Å². The predicted octanol–water partition coefficient (Wildman–Crippen LogP) is 4.49. The third-order valence-electron chi connectivity index (χ3n) is 3.58. The van der Waals surface area contributed by atoms with Crippen LogP contribution < -0.4 is 4.74 Å². The highest BCUT2D eigenvalue weighted by molar-refractivity contribution is 5.94. The molecule has 2 aromatic carbocycles. The minimum atomic E-state index is -0.968. The van der Waals surface area contributed by atoms with Crippen LogP contribution in [0.3, 0.4) is 0 Å². The molecule has 2 rings (SSSR count). The third kappa shape index (κ3) is 6.25. The van der Waals surface area contributed by atoms with Crippen LogP contribution in [0.1, 0.15) is 52.6 Å². The summed E-state index contributed by atoms with van der Waals surface area (Å²) in [5, 5.41) is 8.95. The zero-order valence-electron chi connectivity index (χ0n) is 16.4. The molecule has 0 bridgehead atoms. The van der Waals surface area contributed by atoms with Crippen molar-refractivity contribution in [3.8, 4) is 5.75 Å². The van der Waals surface area contributed by atoms with E-state index in [0.29, 0.717) is 11.3 Å². The van der Waals surface area contributed by atoms with Crippen LogP contribution >= 0.6 is 0 Å². The van der Waals surface area contributed by atoms with Crippen LogP contribution in [-0.4, -0.2) is 36.5 Å². The van der Waals surface area contributed by atoms with Gasteiger partial charge in [0.15, 0.2) is 6.79 Å². The summed E-state index contributed by atoms with van der Waals surface area (Å²) in [6.07, 6.45) is 3.65. The van der Waals surface area contributed by atoms with E-state index in [4.69, 9.17) is 19.3 Å². The lowest BCUT2D eigenvalue weighted by Gasteiger charge is -2.20. The molecular weight excluding hydrogens is 360 g/mol. The Morgan fingerprint density at radius 3 is 2.18 bits per heavy atom. The summed E-state index contributed by atoms with van der Waals surface area (Å²) in [7, 11) is 1.50. The van der Waals surface area contributed by atoms with Gasteiger partial charge in [-0.3, -0.25) is 0 Å². The third-order valence-corrected chi connectivity index (χ3v) is 3.58. The number of aromatic carboxylic acids is 1. The van der Waals surface area contributed by atoms with E-state index in [1.54, 1.807) is 51.1 Å². The predicted molar refractivity (Wildman–Crippen MR) is 106 cm³/mol. The van der Waals surface area contributed by atoms with Gasteiger partial charge in [-0.2, -0.15) is 0 Å². The molecule has 6 heteroatoms. The molecule has 0 aliphatic carbocycles. The fraction of sp³-hybridized carbons (Fsp3) is 0.273. The standard InChI is InChI=1S/C22H24O6/c1-22(2,3)28-21(25)18-13-16(9-12-19(18)27-14-26-4)6-5-15-7-10-17(11-8-15)20(23)24/h5-13H,14H2,1-4H3,(H,23,24)/b6-5+. The molecule has 148 valence electrons. The summed E-state index contributed by atoms with van der Waals surface area (Å²) in [6.45, 7) is 5.41. The molecule has 0 aliphatic heterocycles. The van der Waals surface area contributed by atoms with Gasteiger partial charge in [-0.1, -0.05) is 30.4 Å². The van der Waals surface area contributed by atoms with Gasteiger partial charge in [-0.25, -0.2) is 9.59 Å². The first-order valence-corrected chi connectivity index (χ1v) is 8.70. The van der Waals surface area contributed by atoms with Gasteiger partial charge in [0.2, 0.25) is 0 Å². The van der Waals surface area contributed by atoms with Crippen LogP contribution in [0.15, 0.2) is 42.5 Å². The van der Waals surface area contributed by atoms with E-state index >= 15 is 0 Å². The van der Waals surface area contributed by atoms with Crippen molar-refractivity contribution in [3.63, 3.8) is 0 Å². The second-order valence-corrected chi connectivity index (χ2v) is 7.07. The van der Waals surface area contributed by atoms with Crippen molar-refractivity contribution in [2.75, 3.05) is 13.9 Å². The molecule has 0 radical (unpaired) electrons. The number of ether oxygens (including phenoxy) is 3. The maximum atomic E-state index is 12.5. The number of hydrogen-bond acceptors (Lipinski definition) is 5. The molecule has 0 unspecified atom stereocenters. The van der Waals surface area contributed by atoms with E-state index in [1.807, 2.05) is 12.2 Å². The van der Waals surface area contributed by atoms with Crippen LogP contribution in [0.25, 0.3) is 12.2 Å². The van der Waals surface area contributed by atoms with Crippen LogP contribution in [-0.2, 0) is 9.47 Å². The van der Waals surface area contributed by atoms with E-state index in [2.05, 4.69) is 0 Å². The number of carbonyl (C=O) groups excluding carboxylic acids is 1. The van der Waals surface area contributed by atoms with Gasteiger partial charge < -0.3 is 19.3 Å². The van der Waals surface area contributed by atoms with Crippen LogP contribution in [0.5, 0.6) is 5.75 Å². The molecule has 0 atom stereocenters. The Hall–Kier alpha value is -3.12. The second kappa shape index (κ2) is 9.19. The molecule has 0 aliphatic rings. The molecule has 2 aromatic rings. The Labute approximate surface area is 164 Å². The average molecular weight is 384 g/mol. The highest BCUT2D eigenvalue weighted by Crippen LogP contribution is 2.24. The number of hydrogen-bond donors (Lipinski definition) is 1. The van der Waals surface area contributed by atoms with Crippen LogP contribution in [0.2, 0.25) is 0 Å². The summed E-state index contributed by atoms with van der Waals surface area (Å²) >= 11 is 0. The Bertz CT molecular complexity index is 860.